The second-order valence-electron chi connectivity index (χ2n) is 6.40. The highest BCUT2D eigenvalue weighted by molar-refractivity contribution is 6.30. The van der Waals surface area contributed by atoms with E-state index in [2.05, 4.69) is 10.6 Å². The summed E-state index contributed by atoms with van der Waals surface area (Å²) in [6, 6.07) is 25.1. The van der Waals surface area contributed by atoms with Gasteiger partial charge in [-0.05, 0) is 60.5 Å². The van der Waals surface area contributed by atoms with Gasteiger partial charge in [-0.25, -0.2) is 0 Å². The fraction of sp³-hybridized carbons (Fsp3) is 0.174. The van der Waals surface area contributed by atoms with E-state index in [4.69, 9.17) is 16.3 Å². The molecule has 0 aromatic heterocycles. The van der Waals surface area contributed by atoms with Crippen LogP contribution in [0.3, 0.4) is 0 Å². The van der Waals surface area contributed by atoms with Crippen molar-refractivity contribution in [3.05, 3.63) is 95.0 Å². The second kappa shape index (κ2) is 10.5. The number of amides is 1. The molecule has 0 bridgehead atoms. The van der Waals surface area contributed by atoms with Crippen LogP contribution in [0.1, 0.15) is 11.1 Å². The lowest BCUT2D eigenvalue weighted by molar-refractivity contribution is -0.115. The molecule has 0 saturated heterocycles. The Morgan fingerprint density at radius 3 is 2.39 bits per heavy atom. The number of carbonyl (C=O) groups excluding carboxylic acids is 1. The molecule has 0 heterocycles. The van der Waals surface area contributed by atoms with E-state index in [1.807, 2.05) is 78.9 Å². The van der Waals surface area contributed by atoms with E-state index in [0.717, 1.165) is 34.0 Å². The van der Waals surface area contributed by atoms with E-state index < -0.39 is 0 Å². The Bertz CT molecular complexity index is 883. The molecule has 0 aliphatic rings. The highest BCUT2D eigenvalue weighted by Gasteiger charge is 2.03. The topological polar surface area (TPSA) is 50.4 Å². The number of halogens is 1. The third-order valence-corrected chi connectivity index (χ3v) is 4.39. The number of nitrogens with one attached hydrogen (secondary N) is 2. The van der Waals surface area contributed by atoms with Gasteiger partial charge in [0.25, 0.3) is 0 Å². The first-order valence-corrected chi connectivity index (χ1v) is 9.59. The van der Waals surface area contributed by atoms with Gasteiger partial charge < -0.3 is 15.4 Å². The predicted molar refractivity (Wildman–Crippen MR) is 114 cm³/mol. The highest BCUT2D eigenvalue weighted by Crippen LogP contribution is 2.17. The maximum Gasteiger partial charge on any atom is 0.238 e. The zero-order valence-electron chi connectivity index (χ0n) is 15.5. The molecule has 2 N–H and O–H groups in total. The van der Waals surface area contributed by atoms with Crippen LogP contribution in [0.4, 0.5) is 5.69 Å². The molecule has 1 amide bonds. The monoisotopic (exact) mass is 394 g/mol. The average molecular weight is 395 g/mol. The van der Waals surface area contributed by atoms with E-state index in [9.17, 15) is 4.79 Å². The van der Waals surface area contributed by atoms with Crippen LogP contribution in [0.5, 0.6) is 5.75 Å². The van der Waals surface area contributed by atoms with Crippen LogP contribution in [0.15, 0.2) is 78.9 Å². The highest BCUT2D eigenvalue weighted by atomic mass is 35.5. The van der Waals surface area contributed by atoms with Gasteiger partial charge in [-0.1, -0.05) is 54.1 Å². The van der Waals surface area contributed by atoms with Crippen molar-refractivity contribution in [1.29, 1.82) is 0 Å². The summed E-state index contributed by atoms with van der Waals surface area (Å²) >= 11 is 5.97. The zero-order valence-corrected chi connectivity index (χ0v) is 16.3. The Morgan fingerprint density at radius 2 is 1.64 bits per heavy atom. The number of rotatable bonds is 9. The zero-order chi connectivity index (χ0) is 19.6. The van der Waals surface area contributed by atoms with Gasteiger partial charge in [-0.3, -0.25) is 4.79 Å². The molecular weight excluding hydrogens is 372 g/mol. The first-order chi connectivity index (χ1) is 13.7. The van der Waals surface area contributed by atoms with Crippen LogP contribution in [-0.2, 0) is 17.8 Å². The molecular formula is C23H23ClN2O2. The summed E-state index contributed by atoms with van der Waals surface area (Å²) < 4.78 is 5.75. The fourth-order valence-corrected chi connectivity index (χ4v) is 2.92. The van der Waals surface area contributed by atoms with E-state index in [0.29, 0.717) is 13.2 Å². The second-order valence-corrected chi connectivity index (χ2v) is 6.84. The fourth-order valence-electron chi connectivity index (χ4n) is 2.71. The Kier molecular flexibility index (Phi) is 7.47. The lowest BCUT2D eigenvalue weighted by Crippen LogP contribution is -2.29. The van der Waals surface area contributed by atoms with Crippen LogP contribution >= 0.6 is 11.6 Å². The van der Waals surface area contributed by atoms with Crippen molar-refractivity contribution in [1.82, 2.24) is 5.32 Å². The van der Waals surface area contributed by atoms with Crippen LogP contribution < -0.4 is 15.4 Å². The average Bonchev–Trinajstić information content (AvgIpc) is 2.72. The molecule has 0 fully saturated rings. The minimum Gasteiger partial charge on any atom is -0.489 e. The number of carbonyl (C=O) groups is 1. The summed E-state index contributed by atoms with van der Waals surface area (Å²) in [5, 5.41) is 6.74. The van der Waals surface area contributed by atoms with Crippen molar-refractivity contribution in [3.8, 4) is 5.75 Å². The van der Waals surface area contributed by atoms with E-state index >= 15 is 0 Å². The van der Waals surface area contributed by atoms with Crippen LogP contribution in [0, 0.1) is 0 Å². The molecule has 3 aromatic rings. The van der Waals surface area contributed by atoms with Crippen molar-refractivity contribution < 1.29 is 9.53 Å². The Hall–Kier alpha value is -2.82. The molecule has 0 atom stereocenters. The molecule has 0 aliphatic carbocycles. The molecule has 0 radical (unpaired) electrons. The first-order valence-electron chi connectivity index (χ1n) is 9.21. The van der Waals surface area contributed by atoms with E-state index in [-0.39, 0.29) is 12.5 Å². The lowest BCUT2D eigenvalue weighted by Gasteiger charge is -2.09. The molecule has 144 valence electrons. The molecule has 3 rings (SSSR count). The quantitative estimate of drug-likeness (QED) is 0.517. The van der Waals surface area contributed by atoms with Gasteiger partial charge in [0.2, 0.25) is 5.91 Å². The first kappa shape index (κ1) is 19.9. The number of hydrogen-bond donors (Lipinski definition) is 2. The summed E-state index contributed by atoms with van der Waals surface area (Å²) in [4.78, 5) is 12.0. The maximum absolute atomic E-state index is 12.0. The summed E-state index contributed by atoms with van der Waals surface area (Å²) in [6.45, 7) is 1.48. The molecule has 0 unspecified atom stereocenters. The van der Waals surface area contributed by atoms with Crippen LogP contribution in [0.2, 0.25) is 5.02 Å². The standard InChI is InChI=1S/C23H23ClN2O2/c24-20-8-4-7-18(15-20)13-14-25-16-23(27)26-21-9-11-22(12-10-21)28-17-19-5-2-1-3-6-19/h1-12,15,25H,13-14,16-17H2,(H,26,27). The molecule has 5 heteroatoms. The van der Waals surface area contributed by atoms with Crippen molar-refractivity contribution in [2.24, 2.45) is 0 Å². The van der Waals surface area contributed by atoms with Gasteiger partial charge in [0.1, 0.15) is 12.4 Å². The maximum atomic E-state index is 12.0. The van der Waals surface area contributed by atoms with E-state index in [1.165, 1.54) is 0 Å². The Balaban J connectivity index is 1.37. The van der Waals surface area contributed by atoms with Crippen molar-refractivity contribution in [3.63, 3.8) is 0 Å². The van der Waals surface area contributed by atoms with Crippen LogP contribution in [0.25, 0.3) is 0 Å². The summed E-state index contributed by atoms with van der Waals surface area (Å²) in [7, 11) is 0. The van der Waals surface area contributed by atoms with Crippen molar-refractivity contribution in [2.75, 3.05) is 18.4 Å². The molecule has 0 aliphatic heterocycles. The van der Waals surface area contributed by atoms with Gasteiger partial charge >= 0.3 is 0 Å². The summed E-state index contributed by atoms with van der Waals surface area (Å²) in [5.74, 6) is 0.686. The third-order valence-electron chi connectivity index (χ3n) is 4.15. The van der Waals surface area contributed by atoms with E-state index in [1.54, 1.807) is 0 Å². The molecule has 28 heavy (non-hydrogen) atoms. The Labute approximate surface area is 170 Å². The minimum atomic E-state index is -0.0796. The van der Waals surface area contributed by atoms with Crippen molar-refractivity contribution in [2.45, 2.75) is 13.0 Å². The number of ether oxygens (including phenoxy) is 1. The lowest BCUT2D eigenvalue weighted by atomic mass is 10.1. The molecule has 0 spiro atoms. The number of benzene rings is 3. The number of anilines is 1. The molecule has 0 saturated carbocycles. The number of hydrogen-bond acceptors (Lipinski definition) is 3. The minimum absolute atomic E-state index is 0.0796. The van der Waals surface area contributed by atoms with Crippen molar-refractivity contribution >= 4 is 23.2 Å². The largest absolute Gasteiger partial charge is 0.489 e. The van der Waals surface area contributed by atoms with Gasteiger partial charge in [0.05, 0.1) is 6.54 Å². The SMILES string of the molecule is O=C(CNCCc1cccc(Cl)c1)Nc1ccc(OCc2ccccc2)cc1. The van der Waals surface area contributed by atoms with Gasteiger partial charge in [-0.2, -0.15) is 0 Å². The summed E-state index contributed by atoms with van der Waals surface area (Å²) in [6.07, 6.45) is 0.821. The normalized spacial score (nSPS) is 10.5. The van der Waals surface area contributed by atoms with Crippen LogP contribution in [-0.4, -0.2) is 19.0 Å². The van der Waals surface area contributed by atoms with Gasteiger partial charge in [0.15, 0.2) is 0 Å². The molecule has 4 nitrogen and oxygen atoms in total. The molecule has 3 aromatic carbocycles. The Morgan fingerprint density at radius 1 is 0.893 bits per heavy atom. The third kappa shape index (κ3) is 6.72. The smallest absolute Gasteiger partial charge is 0.238 e. The summed E-state index contributed by atoms with van der Waals surface area (Å²) in [5.41, 5.74) is 3.00. The predicted octanol–water partition coefficient (Wildman–Crippen LogP) is 4.69. The van der Waals surface area contributed by atoms with Gasteiger partial charge in [0, 0.05) is 10.7 Å². The van der Waals surface area contributed by atoms with Gasteiger partial charge in [-0.15, -0.1) is 0 Å².